The Hall–Kier alpha value is -1.96. The molecule has 2 unspecified atom stereocenters. The molecule has 2 atom stereocenters. The molecule has 34 heavy (non-hydrogen) atoms. The van der Waals surface area contributed by atoms with E-state index in [1.807, 2.05) is 0 Å². The first-order valence-corrected chi connectivity index (χ1v) is 12.7. The second-order valence-corrected chi connectivity index (χ2v) is 8.59. The van der Waals surface area contributed by atoms with E-state index in [0.29, 0.717) is 36.2 Å². The number of unbranched alkanes of at least 4 members (excludes halogenated alkanes) is 2. The van der Waals surface area contributed by atoms with E-state index < -0.39 is 18.0 Å². The molecule has 0 aliphatic rings. The second-order valence-electron chi connectivity index (χ2n) is 8.59. The lowest BCUT2D eigenvalue weighted by molar-refractivity contribution is 0.0381. The van der Waals surface area contributed by atoms with E-state index in [1.165, 1.54) is 0 Å². The quantitative estimate of drug-likeness (QED) is 0.291. The van der Waals surface area contributed by atoms with Gasteiger partial charge in [0.05, 0.1) is 37.6 Å². The summed E-state index contributed by atoms with van der Waals surface area (Å²) in [6.45, 7) is 8.61. The minimum atomic E-state index is -0.954. The average Bonchev–Trinajstić information content (AvgIpc) is 2.88. The fourth-order valence-corrected chi connectivity index (χ4v) is 3.24. The van der Waals surface area contributed by atoms with Crippen LogP contribution in [-0.2, 0) is 9.47 Å². The molecule has 0 aliphatic heterocycles. The van der Waals surface area contributed by atoms with Crippen molar-refractivity contribution in [1.29, 1.82) is 0 Å². The molecule has 0 radical (unpaired) electrons. The number of benzene rings is 1. The Labute approximate surface area is 205 Å². The topological polar surface area (TPSA) is 113 Å². The number of rotatable bonds is 16. The standard InChI is InChI=1S/C24H38O4.C3H8O3/c1-5-9-13-19(7-3)17-27-23(25)21-15-11-12-16-22(21)24(26)28-18-20(8-4)14-10-6-2;4-1-3(6)2-5/h11-12,15-16,19-20H,5-10,13-14,17-18H2,1-4H3;3-6H,1-2H2. The third-order valence-corrected chi connectivity index (χ3v) is 5.78. The van der Waals surface area contributed by atoms with Crippen molar-refractivity contribution in [3.05, 3.63) is 35.4 Å². The summed E-state index contributed by atoms with van der Waals surface area (Å²) >= 11 is 0. The van der Waals surface area contributed by atoms with Crippen LogP contribution in [0.1, 0.15) is 99.8 Å². The first-order valence-electron chi connectivity index (χ1n) is 12.7. The minimum Gasteiger partial charge on any atom is -0.462 e. The molecule has 0 saturated heterocycles. The van der Waals surface area contributed by atoms with E-state index in [1.54, 1.807) is 24.3 Å². The average molecular weight is 483 g/mol. The van der Waals surface area contributed by atoms with Crippen LogP contribution in [-0.4, -0.2) is 59.8 Å². The van der Waals surface area contributed by atoms with Gasteiger partial charge >= 0.3 is 11.9 Å². The zero-order valence-electron chi connectivity index (χ0n) is 21.5. The molecule has 7 heteroatoms. The maximum atomic E-state index is 12.6. The number of carbonyl (C=O) groups excluding carboxylic acids is 2. The molecule has 7 nitrogen and oxygen atoms in total. The molecule has 0 heterocycles. The molecule has 196 valence electrons. The SMILES string of the molecule is CCCCC(CC)COC(=O)c1ccccc1C(=O)OCC(CC)CCCC.OCC(O)CO. The normalized spacial score (nSPS) is 12.5. The molecule has 0 fully saturated rings. The molecule has 1 rings (SSSR count). The van der Waals surface area contributed by atoms with Crippen molar-refractivity contribution >= 4 is 11.9 Å². The van der Waals surface area contributed by atoms with E-state index >= 15 is 0 Å². The Morgan fingerprint density at radius 1 is 0.765 bits per heavy atom. The van der Waals surface area contributed by atoms with Crippen molar-refractivity contribution in [2.24, 2.45) is 11.8 Å². The largest absolute Gasteiger partial charge is 0.462 e. The summed E-state index contributed by atoms with van der Waals surface area (Å²) in [4.78, 5) is 25.1. The molecule has 0 aromatic heterocycles. The van der Waals surface area contributed by atoms with Gasteiger partial charge in [-0.15, -0.1) is 0 Å². The molecule has 0 amide bonds. The fourth-order valence-electron chi connectivity index (χ4n) is 3.24. The minimum absolute atomic E-state index is 0.291. The smallest absolute Gasteiger partial charge is 0.339 e. The van der Waals surface area contributed by atoms with E-state index in [0.717, 1.165) is 51.4 Å². The summed E-state index contributed by atoms with van der Waals surface area (Å²) in [5.74, 6) is -0.153. The number of hydrogen-bond acceptors (Lipinski definition) is 7. The number of aliphatic hydroxyl groups is 3. The summed E-state index contributed by atoms with van der Waals surface area (Å²) in [6.07, 6.45) is 7.66. The Bertz CT molecular complexity index is 607. The zero-order valence-corrected chi connectivity index (χ0v) is 21.5. The monoisotopic (exact) mass is 482 g/mol. The number of esters is 2. The van der Waals surface area contributed by atoms with E-state index in [9.17, 15) is 9.59 Å². The molecule has 0 spiro atoms. The second kappa shape index (κ2) is 20.4. The third kappa shape index (κ3) is 13.7. The maximum Gasteiger partial charge on any atom is 0.339 e. The Kier molecular flexibility index (Phi) is 19.2. The van der Waals surface area contributed by atoms with Gasteiger partial charge in [0.2, 0.25) is 0 Å². The molecule has 0 saturated carbocycles. The van der Waals surface area contributed by atoms with Crippen molar-refractivity contribution in [3.8, 4) is 0 Å². The summed E-state index contributed by atoms with van der Waals surface area (Å²) < 4.78 is 11.0. The number of hydrogen-bond donors (Lipinski definition) is 3. The number of aliphatic hydroxyl groups excluding tert-OH is 3. The lowest BCUT2D eigenvalue weighted by Crippen LogP contribution is -2.19. The van der Waals surface area contributed by atoms with Gasteiger partial charge in [0.1, 0.15) is 6.10 Å². The van der Waals surface area contributed by atoms with E-state index in [4.69, 9.17) is 24.8 Å². The van der Waals surface area contributed by atoms with Crippen molar-refractivity contribution in [2.75, 3.05) is 26.4 Å². The van der Waals surface area contributed by atoms with Crippen LogP contribution in [0.3, 0.4) is 0 Å². The van der Waals surface area contributed by atoms with Gasteiger partial charge in [0, 0.05) is 0 Å². The van der Waals surface area contributed by atoms with Gasteiger partial charge in [-0.05, 0) is 36.8 Å². The van der Waals surface area contributed by atoms with Crippen LogP contribution in [0.25, 0.3) is 0 Å². The number of ether oxygens (including phenoxy) is 2. The molecule has 1 aromatic rings. The summed E-state index contributed by atoms with van der Waals surface area (Å²) in [5.41, 5.74) is 0.582. The van der Waals surface area contributed by atoms with Crippen LogP contribution >= 0.6 is 0 Å². The molecular weight excluding hydrogens is 436 g/mol. The van der Waals surface area contributed by atoms with Crippen molar-refractivity contribution < 1.29 is 34.4 Å². The molecule has 0 aliphatic carbocycles. The Balaban J connectivity index is 0.00000160. The van der Waals surface area contributed by atoms with E-state index in [-0.39, 0.29) is 13.2 Å². The van der Waals surface area contributed by atoms with Gasteiger partial charge < -0.3 is 24.8 Å². The van der Waals surface area contributed by atoms with Gasteiger partial charge in [-0.2, -0.15) is 0 Å². The highest BCUT2D eigenvalue weighted by Gasteiger charge is 2.21. The number of carbonyl (C=O) groups is 2. The van der Waals surface area contributed by atoms with Gasteiger partial charge in [-0.3, -0.25) is 0 Å². The molecule has 0 bridgehead atoms. The van der Waals surface area contributed by atoms with Crippen LogP contribution in [0.15, 0.2) is 24.3 Å². The zero-order chi connectivity index (χ0) is 25.8. The predicted octanol–water partition coefficient (Wildman–Crippen LogP) is 4.76. The Morgan fingerprint density at radius 2 is 1.15 bits per heavy atom. The first-order chi connectivity index (χ1) is 16.4. The molecule has 3 N–H and O–H groups in total. The highest BCUT2D eigenvalue weighted by Crippen LogP contribution is 2.18. The summed E-state index contributed by atoms with van der Waals surface area (Å²) in [6, 6.07) is 6.77. The predicted molar refractivity (Wildman–Crippen MR) is 134 cm³/mol. The highest BCUT2D eigenvalue weighted by molar-refractivity contribution is 6.03. The van der Waals surface area contributed by atoms with Crippen LogP contribution in [0.2, 0.25) is 0 Å². The van der Waals surface area contributed by atoms with Crippen molar-refractivity contribution in [1.82, 2.24) is 0 Å². The van der Waals surface area contributed by atoms with Gasteiger partial charge in [-0.25, -0.2) is 9.59 Å². The van der Waals surface area contributed by atoms with Crippen molar-refractivity contribution in [2.45, 2.75) is 85.2 Å². The van der Waals surface area contributed by atoms with E-state index in [2.05, 4.69) is 27.7 Å². The highest BCUT2D eigenvalue weighted by atomic mass is 16.5. The molecule has 1 aromatic carbocycles. The third-order valence-electron chi connectivity index (χ3n) is 5.78. The fraction of sp³-hybridized carbons (Fsp3) is 0.704. The van der Waals surface area contributed by atoms with Crippen LogP contribution < -0.4 is 0 Å². The summed E-state index contributed by atoms with van der Waals surface area (Å²) in [7, 11) is 0. The Morgan fingerprint density at radius 3 is 1.41 bits per heavy atom. The van der Waals surface area contributed by atoms with Gasteiger partial charge in [-0.1, -0.05) is 78.4 Å². The first kappa shape index (κ1) is 32.0. The lowest BCUT2D eigenvalue weighted by Gasteiger charge is -2.17. The van der Waals surface area contributed by atoms with Crippen molar-refractivity contribution in [3.63, 3.8) is 0 Å². The summed E-state index contributed by atoms with van der Waals surface area (Å²) in [5, 5.41) is 24.0. The van der Waals surface area contributed by atoms with Crippen LogP contribution in [0.5, 0.6) is 0 Å². The molecular formula is C27H46O7. The van der Waals surface area contributed by atoms with Crippen LogP contribution in [0, 0.1) is 11.8 Å². The van der Waals surface area contributed by atoms with Gasteiger partial charge in [0.15, 0.2) is 0 Å². The van der Waals surface area contributed by atoms with Gasteiger partial charge in [0.25, 0.3) is 0 Å². The maximum absolute atomic E-state index is 12.6. The lowest BCUT2D eigenvalue weighted by atomic mass is 10.0. The van der Waals surface area contributed by atoms with Crippen LogP contribution in [0.4, 0.5) is 0 Å².